The van der Waals surface area contributed by atoms with Crippen molar-refractivity contribution < 1.29 is 8.42 Å². The molecule has 1 fully saturated rings. The van der Waals surface area contributed by atoms with Gasteiger partial charge in [0, 0.05) is 23.6 Å². The average Bonchev–Trinajstić information content (AvgIpc) is 2.80. The van der Waals surface area contributed by atoms with Crippen molar-refractivity contribution in [2.24, 2.45) is 0 Å². The maximum Gasteiger partial charge on any atom is 0.227 e. The number of pyridine rings is 1. The van der Waals surface area contributed by atoms with Crippen LogP contribution in [0.25, 0.3) is 12.2 Å². The summed E-state index contributed by atoms with van der Waals surface area (Å²) in [7, 11) is -3.31. The fourth-order valence-corrected chi connectivity index (χ4v) is 5.14. The van der Waals surface area contributed by atoms with Gasteiger partial charge in [0.15, 0.2) is 9.84 Å². The van der Waals surface area contributed by atoms with Crippen LogP contribution in [0.15, 0.2) is 59.8 Å². The first-order valence-corrected chi connectivity index (χ1v) is 11.6. The molecule has 0 radical (unpaired) electrons. The lowest BCUT2D eigenvalue weighted by molar-refractivity contribution is 0.496. The summed E-state index contributed by atoms with van der Waals surface area (Å²) in [5.41, 5.74) is 7.97. The number of nitrogens with one attached hydrogen (secondary N) is 2. The van der Waals surface area contributed by atoms with Crippen LogP contribution in [0.3, 0.4) is 0 Å². The Balaban J connectivity index is 1.40. The fraction of sp³-hybridized carbons (Fsp3) is 0.227. The molecule has 0 spiro atoms. The summed E-state index contributed by atoms with van der Waals surface area (Å²) < 4.78 is 25.6. The van der Waals surface area contributed by atoms with Gasteiger partial charge in [-0.15, -0.1) is 0 Å². The first-order chi connectivity index (χ1) is 15.0. The molecule has 0 amide bonds. The van der Waals surface area contributed by atoms with Gasteiger partial charge in [0.25, 0.3) is 0 Å². The Morgan fingerprint density at radius 2 is 1.71 bits per heavy atom. The van der Waals surface area contributed by atoms with Gasteiger partial charge in [-0.2, -0.15) is 0 Å². The lowest BCUT2D eigenvalue weighted by atomic mass is 10.2. The third-order valence-electron chi connectivity index (χ3n) is 5.07. The van der Waals surface area contributed by atoms with E-state index in [4.69, 9.17) is 5.73 Å². The number of nitrogen functional groups attached to an aromatic ring is 1. The van der Waals surface area contributed by atoms with Gasteiger partial charge in [-0.05, 0) is 74.5 Å². The number of benzene rings is 1. The number of aromatic nitrogens is 3. The lowest BCUT2D eigenvalue weighted by Gasteiger charge is -2.22. The number of piperidine rings is 1. The molecule has 1 aliphatic rings. The molecule has 4 N–H and O–H groups in total. The predicted molar refractivity (Wildman–Crippen MR) is 122 cm³/mol. The summed E-state index contributed by atoms with van der Waals surface area (Å²) in [6.07, 6.45) is 8.35. The molecule has 4 rings (SSSR count). The Morgan fingerprint density at radius 3 is 2.39 bits per heavy atom. The van der Waals surface area contributed by atoms with E-state index in [1.807, 2.05) is 24.3 Å². The number of hydrogen-bond donors (Lipinski definition) is 3. The van der Waals surface area contributed by atoms with Crippen molar-refractivity contribution in [2.75, 3.05) is 24.1 Å². The van der Waals surface area contributed by atoms with E-state index in [2.05, 4.69) is 25.6 Å². The van der Waals surface area contributed by atoms with Crippen LogP contribution in [0.5, 0.6) is 0 Å². The number of nitrogens with two attached hydrogens (primary N) is 1. The second-order valence-electron chi connectivity index (χ2n) is 7.30. The molecule has 3 heterocycles. The Morgan fingerprint density at radius 1 is 1.00 bits per heavy atom. The maximum atomic E-state index is 12.8. The third-order valence-corrected chi connectivity index (χ3v) is 7.35. The molecule has 0 atom stereocenters. The average molecular weight is 437 g/mol. The summed E-state index contributed by atoms with van der Waals surface area (Å²) in [4.78, 5) is 13.2. The van der Waals surface area contributed by atoms with E-state index in [9.17, 15) is 8.42 Å². The Labute approximate surface area is 181 Å². The van der Waals surface area contributed by atoms with Crippen molar-refractivity contribution in [2.45, 2.75) is 23.0 Å². The number of nitrogens with zero attached hydrogens (tertiary/aromatic N) is 3. The van der Waals surface area contributed by atoms with Crippen LogP contribution in [0, 0.1) is 0 Å². The minimum atomic E-state index is -3.31. The molecule has 8 nitrogen and oxygen atoms in total. The largest absolute Gasteiger partial charge is 0.384 e. The molecule has 1 saturated heterocycles. The van der Waals surface area contributed by atoms with E-state index in [0.29, 0.717) is 29.5 Å². The third kappa shape index (κ3) is 5.25. The van der Waals surface area contributed by atoms with E-state index in [1.165, 1.54) is 0 Å². The molecular weight excluding hydrogens is 412 g/mol. The Kier molecular flexibility index (Phi) is 6.24. The van der Waals surface area contributed by atoms with Gasteiger partial charge in [-0.3, -0.25) is 0 Å². The van der Waals surface area contributed by atoms with Crippen molar-refractivity contribution in [3.05, 3.63) is 66.1 Å². The van der Waals surface area contributed by atoms with E-state index >= 15 is 0 Å². The van der Waals surface area contributed by atoms with Crippen molar-refractivity contribution >= 4 is 39.4 Å². The molecule has 0 bridgehead atoms. The van der Waals surface area contributed by atoms with Crippen LogP contribution in [0.4, 0.5) is 17.5 Å². The molecule has 3 aromatic rings. The van der Waals surface area contributed by atoms with Crippen molar-refractivity contribution in [3.63, 3.8) is 0 Å². The zero-order valence-electron chi connectivity index (χ0n) is 16.9. The van der Waals surface area contributed by atoms with Crippen LogP contribution in [0.2, 0.25) is 0 Å². The molecule has 160 valence electrons. The highest BCUT2D eigenvalue weighted by molar-refractivity contribution is 7.92. The van der Waals surface area contributed by atoms with E-state index < -0.39 is 9.84 Å². The van der Waals surface area contributed by atoms with Crippen LogP contribution in [0.1, 0.15) is 24.1 Å². The van der Waals surface area contributed by atoms with E-state index in [0.717, 1.165) is 30.0 Å². The van der Waals surface area contributed by atoms with E-state index in [-0.39, 0.29) is 5.25 Å². The summed E-state index contributed by atoms with van der Waals surface area (Å²) in [5.74, 6) is 0.890. The van der Waals surface area contributed by atoms with Gasteiger partial charge >= 0.3 is 0 Å². The van der Waals surface area contributed by atoms with E-state index in [1.54, 1.807) is 42.7 Å². The number of anilines is 3. The van der Waals surface area contributed by atoms with Gasteiger partial charge in [0.1, 0.15) is 5.82 Å². The second-order valence-corrected chi connectivity index (χ2v) is 9.53. The minimum absolute atomic E-state index is 0.320. The maximum absolute atomic E-state index is 12.8. The van der Waals surface area contributed by atoms with Crippen LogP contribution in [-0.2, 0) is 9.84 Å². The molecule has 0 saturated carbocycles. The predicted octanol–water partition coefficient (Wildman–Crippen LogP) is 2.89. The number of rotatable bonds is 6. The van der Waals surface area contributed by atoms with Crippen molar-refractivity contribution in [3.8, 4) is 0 Å². The highest BCUT2D eigenvalue weighted by Gasteiger charge is 2.28. The van der Waals surface area contributed by atoms with Crippen molar-refractivity contribution in [1.82, 2.24) is 20.3 Å². The molecule has 9 heteroatoms. The van der Waals surface area contributed by atoms with Gasteiger partial charge in [-0.1, -0.05) is 6.07 Å². The Bertz CT molecular complexity index is 1160. The highest BCUT2D eigenvalue weighted by Crippen LogP contribution is 2.24. The zero-order chi connectivity index (χ0) is 21.7. The van der Waals surface area contributed by atoms with Crippen molar-refractivity contribution in [1.29, 1.82) is 0 Å². The summed E-state index contributed by atoms with van der Waals surface area (Å²) in [5, 5.41) is 5.97. The Hall–Kier alpha value is -3.30. The SMILES string of the molecule is Nc1cccc(/C=C/c2cnc(Nc3ccc(S(=O)(=O)C4CCNCC4)cc3)nc2)n1. The molecule has 0 aliphatic carbocycles. The highest BCUT2D eigenvalue weighted by atomic mass is 32.2. The summed E-state index contributed by atoms with van der Waals surface area (Å²) in [6, 6.07) is 12.2. The standard InChI is InChI=1S/C22H24N6O2S/c23-21-3-1-2-17(27-21)5-4-16-14-25-22(26-15-16)28-18-6-8-19(9-7-18)31(29,30)20-10-12-24-13-11-20/h1-9,14-15,20,24H,10-13H2,(H2,23,27)(H,25,26,28)/b5-4+. The molecular formula is C22H24N6O2S. The first-order valence-electron chi connectivity index (χ1n) is 10.0. The zero-order valence-corrected chi connectivity index (χ0v) is 17.7. The van der Waals surface area contributed by atoms with Gasteiger partial charge < -0.3 is 16.4 Å². The molecule has 2 aromatic heterocycles. The van der Waals surface area contributed by atoms with Gasteiger partial charge in [0.2, 0.25) is 5.95 Å². The number of sulfone groups is 1. The quantitative estimate of drug-likeness (QED) is 0.539. The summed E-state index contributed by atoms with van der Waals surface area (Å²) >= 11 is 0. The van der Waals surface area contributed by atoms with Crippen LogP contribution in [-0.4, -0.2) is 41.7 Å². The topological polar surface area (TPSA) is 123 Å². The number of hydrogen-bond acceptors (Lipinski definition) is 8. The minimum Gasteiger partial charge on any atom is -0.384 e. The van der Waals surface area contributed by atoms with Gasteiger partial charge in [0.05, 0.1) is 15.8 Å². The molecule has 1 aliphatic heterocycles. The first kappa shape index (κ1) is 21.0. The molecule has 1 aromatic carbocycles. The van der Waals surface area contributed by atoms with Gasteiger partial charge in [-0.25, -0.2) is 23.4 Å². The molecule has 31 heavy (non-hydrogen) atoms. The van der Waals surface area contributed by atoms with Crippen LogP contribution < -0.4 is 16.4 Å². The fourth-order valence-electron chi connectivity index (χ4n) is 3.39. The molecule has 0 unspecified atom stereocenters. The lowest BCUT2D eigenvalue weighted by Crippen LogP contribution is -2.35. The van der Waals surface area contributed by atoms with Crippen LogP contribution >= 0.6 is 0 Å². The monoisotopic (exact) mass is 436 g/mol. The second kappa shape index (κ2) is 9.23. The normalized spacial score (nSPS) is 15.2. The smallest absolute Gasteiger partial charge is 0.227 e. The summed E-state index contributed by atoms with van der Waals surface area (Å²) in [6.45, 7) is 1.48.